The van der Waals surface area contributed by atoms with Gasteiger partial charge in [-0.1, -0.05) is 37.3 Å². The Morgan fingerprint density at radius 1 is 1.26 bits per heavy atom. The Kier molecular flexibility index (Phi) is 5.68. The van der Waals surface area contributed by atoms with Crippen molar-refractivity contribution in [1.82, 2.24) is 20.8 Å². The van der Waals surface area contributed by atoms with Crippen LogP contribution >= 0.6 is 0 Å². The Morgan fingerprint density at radius 2 is 2.00 bits per heavy atom. The van der Waals surface area contributed by atoms with Crippen molar-refractivity contribution in [2.24, 2.45) is 0 Å². The van der Waals surface area contributed by atoms with E-state index in [1.165, 1.54) is 11.6 Å². The zero-order chi connectivity index (χ0) is 16.7. The molecular weight excluding hydrogens is 292 g/mol. The van der Waals surface area contributed by atoms with Gasteiger partial charge in [-0.05, 0) is 18.1 Å². The molecule has 0 spiro atoms. The number of amides is 2. The van der Waals surface area contributed by atoms with Crippen molar-refractivity contribution in [3.63, 3.8) is 0 Å². The van der Waals surface area contributed by atoms with E-state index in [2.05, 4.69) is 27.8 Å². The highest BCUT2D eigenvalue weighted by Crippen LogP contribution is 2.18. The van der Waals surface area contributed by atoms with E-state index in [0.29, 0.717) is 5.69 Å². The number of nitrogens with one attached hydrogen (secondary N) is 3. The van der Waals surface area contributed by atoms with E-state index in [9.17, 15) is 9.59 Å². The molecule has 0 bridgehead atoms. The standard InChI is InChI=1S/C17H20N4O2/c1-3-12-6-8-13(9-7-12)14-11-15(21-20-14)17(23)19-10-4-5-16(22)18-2/h4-9,11H,3,10H2,1-2H3,(H,18,22)(H,19,23)(H,20,21). The summed E-state index contributed by atoms with van der Waals surface area (Å²) in [6.07, 6.45) is 3.93. The molecular formula is C17H20N4O2. The highest BCUT2D eigenvalue weighted by Gasteiger charge is 2.10. The summed E-state index contributed by atoms with van der Waals surface area (Å²) >= 11 is 0. The maximum absolute atomic E-state index is 12.0. The molecule has 1 heterocycles. The lowest BCUT2D eigenvalue weighted by Gasteiger charge is -1.99. The number of benzene rings is 1. The minimum Gasteiger partial charge on any atom is -0.356 e. The maximum Gasteiger partial charge on any atom is 0.269 e. The average molecular weight is 312 g/mol. The number of aryl methyl sites for hydroxylation is 1. The van der Waals surface area contributed by atoms with Crippen molar-refractivity contribution in [2.75, 3.05) is 13.6 Å². The maximum atomic E-state index is 12.0. The molecule has 23 heavy (non-hydrogen) atoms. The molecule has 0 fully saturated rings. The van der Waals surface area contributed by atoms with E-state index in [4.69, 9.17) is 0 Å². The molecule has 0 aliphatic rings. The van der Waals surface area contributed by atoms with Gasteiger partial charge in [0, 0.05) is 25.2 Å². The van der Waals surface area contributed by atoms with Gasteiger partial charge in [-0.2, -0.15) is 5.10 Å². The first-order valence-electron chi connectivity index (χ1n) is 7.45. The molecule has 0 aliphatic heterocycles. The van der Waals surface area contributed by atoms with Crippen molar-refractivity contribution in [3.8, 4) is 11.3 Å². The third-order valence-corrected chi connectivity index (χ3v) is 3.38. The molecule has 0 saturated carbocycles. The van der Waals surface area contributed by atoms with Crippen LogP contribution in [0.4, 0.5) is 0 Å². The second-order valence-corrected chi connectivity index (χ2v) is 4.94. The largest absolute Gasteiger partial charge is 0.356 e. The van der Waals surface area contributed by atoms with Gasteiger partial charge < -0.3 is 10.6 Å². The smallest absolute Gasteiger partial charge is 0.269 e. The van der Waals surface area contributed by atoms with Crippen LogP contribution in [-0.2, 0) is 11.2 Å². The van der Waals surface area contributed by atoms with E-state index in [0.717, 1.165) is 17.7 Å². The lowest BCUT2D eigenvalue weighted by molar-refractivity contribution is -0.116. The van der Waals surface area contributed by atoms with E-state index in [1.807, 2.05) is 24.3 Å². The zero-order valence-corrected chi connectivity index (χ0v) is 13.2. The number of carbonyl (C=O) groups excluding carboxylic acids is 2. The van der Waals surface area contributed by atoms with Crippen LogP contribution in [0, 0.1) is 0 Å². The zero-order valence-electron chi connectivity index (χ0n) is 13.2. The first kappa shape index (κ1) is 16.5. The molecule has 1 aromatic carbocycles. The molecule has 0 aliphatic carbocycles. The fraction of sp³-hybridized carbons (Fsp3) is 0.235. The first-order chi connectivity index (χ1) is 11.1. The summed E-state index contributed by atoms with van der Waals surface area (Å²) in [5.74, 6) is -0.478. The monoisotopic (exact) mass is 312 g/mol. The van der Waals surface area contributed by atoms with E-state index >= 15 is 0 Å². The van der Waals surface area contributed by atoms with Crippen LogP contribution in [0.3, 0.4) is 0 Å². The Balaban J connectivity index is 1.96. The molecule has 6 nitrogen and oxygen atoms in total. The minimum atomic E-state index is -0.268. The fourth-order valence-electron chi connectivity index (χ4n) is 1.99. The van der Waals surface area contributed by atoms with Crippen molar-refractivity contribution in [3.05, 3.63) is 53.7 Å². The number of rotatable bonds is 6. The number of aromatic amines is 1. The van der Waals surface area contributed by atoms with Gasteiger partial charge >= 0.3 is 0 Å². The quantitative estimate of drug-likeness (QED) is 0.709. The van der Waals surface area contributed by atoms with Crippen LogP contribution in [0.2, 0.25) is 0 Å². The van der Waals surface area contributed by atoms with Gasteiger partial charge in [-0.25, -0.2) is 0 Å². The summed E-state index contributed by atoms with van der Waals surface area (Å²) in [5, 5.41) is 12.0. The van der Waals surface area contributed by atoms with Gasteiger partial charge in [-0.15, -0.1) is 0 Å². The van der Waals surface area contributed by atoms with Crippen molar-refractivity contribution in [2.45, 2.75) is 13.3 Å². The number of H-pyrrole nitrogens is 1. The van der Waals surface area contributed by atoms with Gasteiger partial charge in [0.2, 0.25) is 5.91 Å². The summed E-state index contributed by atoms with van der Waals surface area (Å²) in [5.41, 5.74) is 3.31. The van der Waals surface area contributed by atoms with E-state index in [-0.39, 0.29) is 18.4 Å². The highest BCUT2D eigenvalue weighted by molar-refractivity contribution is 5.93. The van der Waals surface area contributed by atoms with Crippen molar-refractivity contribution >= 4 is 11.8 Å². The topological polar surface area (TPSA) is 86.9 Å². The molecule has 2 aromatic rings. The van der Waals surface area contributed by atoms with Gasteiger partial charge in [0.1, 0.15) is 5.69 Å². The predicted molar refractivity (Wildman–Crippen MR) is 88.9 cm³/mol. The summed E-state index contributed by atoms with van der Waals surface area (Å²) in [4.78, 5) is 23.0. The number of hydrogen-bond donors (Lipinski definition) is 3. The van der Waals surface area contributed by atoms with E-state index in [1.54, 1.807) is 19.2 Å². The van der Waals surface area contributed by atoms with Crippen LogP contribution in [0.1, 0.15) is 23.0 Å². The number of hydrogen-bond acceptors (Lipinski definition) is 3. The highest BCUT2D eigenvalue weighted by atomic mass is 16.2. The van der Waals surface area contributed by atoms with Crippen LogP contribution < -0.4 is 10.6 Å². The summed E-state index contributed by atoms with van der Waals surface area (Å²) in [6, 6.07) is 9.78. The molecule has 0 unspecified atom stereocenters. The SMILES string of the molecule is CCc1ccc(-c2cc(C(=O)NCC=CC(=O)NC)[nH]n2)cc1. The summed E-state index contributed by atoms with van der Waals surface area (Å²) in [6.45, 7) is 2.37. The number of aromatic nitrogens is 2. The summed E-state index contributed by atoms with van der Waals surface area (Å²) < 4.78 is 0. The average Bonchev–Trinajstić information content (AvgIpc) is 3.08. The van der Waals surface area contributed by atoms with Gasteiger partial charge in [0.05, 0.1) is 5.69 Å². The minimum absolute atomic E-state index is 0.210. The second kappa shape index (κ2) is 7.93. The van der Waals surface area contributed by atoms with Gasteiger partial charge in [-0.3, -0.25) is 14.7 Å². The Labute approximate surface area is 135 Å². The Bertz CT molecular complexity index is 702. The number of likely N-dealkylation sites (N-methyl/N-ethyl adjacent to an activating group) is 1. The molecule has 120 valence electrons. The van der Waals surface area contributed by atoms with Crippen LogP contribution in [0.15, 0.2) is 42.5 Å². The summed E-state index contributed by atoms with van der Waals surface area (Å²) in [7, 11) is 1.55. The lowest BCUT2D eigenvalue weighted by Crippen LogP contribution is -2.24. The van der Waals surface area contributed by atoms with Crippen LogP contribution in [0.5, 0.6) is 0 Å². The Hall–Kier alpha value is -2.89. The van der Waals surface area contributed by atoms with E-state index < -0.39 is 0 Å². The molecule has 3 N–H and O–H groups in total. The lowest BCUT2D eigenvalue weighted by atomic mass is 10.1. The molecule has 2 rings (SSSR count). The van der Waals surface area contributed by atoms with Crippen molar-refractivity contribution < 1.29 is 9.59 Å². The number of nitrogens with zero attached hydrogens (tertiary/aromatic N) is 1. The van der Waals surface area contributed by atoms with Gasteiger partial charge in [0.15, 0.2) is 0 Å². The first-order valence-corrected chi connectivity index (χ1v) is 7.45. The molecule has 6 heteroatoms. The predicted octanol–water partition coefficient (Wildman–Crippen LogP) is 1.67. The molecule has 0 radical (unpaired) electrons. The van der Waals surface area contributed by atoms with Crippen LogP contribution in [0.25, 0.3) is 11.3 Å². The van der Waals surface area contributed by atoms with Crippen LogP contribution in [-0.4, -0.2) is 35.6 Å². The third-order valence-electron chi connectivity index (χ3n) is 3.38. The van der Waals surface area contributed by atoms with Gasteiger partial charge in [0.25, 0.3) is 5.91 Å². The normalized spacial score (nSPS) is 10.7. The Morgan fingerprint density at radius 3 is 2.65 bits per heavy atom. The second-order valence-electron chi connectivity index (χ2n) is 4.94. The molecule has 2 amide bonds. The third kappa shape index (κ3) is 4.54. The fourth-order valence-corrected chi connectivity index (χ4v) is 1.99. The van der Waals surface area contributed by atoms with Crippen molar-refractivity contribution in [1.29, 1.82) is 0 Å². The molecule has 0 atom stereocenters. The molecule has 0 saturated heterocycles. The molecule has 1 aromatic heterocycles. The number of carbonyl (C=O) groups is 2.